The fourth-order valence-corrected chi connectivity index (χ4v) is 3.15. The van der Waals surface area contributed by atoms with Gasteiger partial charge in [-0.2, -0.15) is 0 Å². The second-order valence-electron chi connectivity index (χ2n) is 6.64. The molecule has 0 saturated heterocycles. The number of rotatable bonds is 5. The van der Waals surface area contributed by atoms with Crippen LogP contribution in [0.3, 0.4) is 0 Å². The van der Waals surface area contributed by atoms with Gasteiger partial charge in [0, 0.05) is 18.0 Å². The van der Waals surface area contributed by atoms with Gasteiger partial charge >= 0.3 is 6.01 Å². The standard InChI is InChI=1S/C17H19ClN4O3/c18-11-8-19-17(20-9-11)24-13-5-3-12(4-6-13)21-16(23)14-7-15(25-22-14)10-1-2-10/h7-10,12-13H,1-6H2,(H,21,23). The van der Waals surface area contributed by atoms with E-state index in [-0.39, 0.29) is 18.1 Å². The Kier molecular flexibility index (Phi) is 4.57. The first-order valence-corrected chi connectivity index (χ1v) is 8.97. The molecule has 0 aromatic carbocycles. The monoisotopic (exact) mass is 362 g/mol. The fraction of sp³-hybridized carbons (Fsp3) is 0.529. The van der Waals surface area contributed by atoms with Gasteiger partial charge in [-0.15, -0.1) is 0 Å². The van der Waals surface area contributed by atoms with Gasteiger partial charge in [-0.05, 0) is 38.5 Å². The summed E-state index contributed by atoms with van der Waals surface area (Å²) >= 11 is 5.76. The van der Waals surface area contributed by atoms with Gasteiger partial charge in [-0.3, -0.25) is 4.79 Å². The minimum absolute atomic E-state index is 0.0582. The van der Waals surface area contributed by atoms with Crippen molar-refractivity contribution in [1.82, 2.24) is 20.4 Å². The lowest BCUT2D eigenvalue weighted by Gasteiger charge is -2.28. The summed E-state index contributed by atoms with van der Waals surface area (Å²) in [5.74, 6) is 1.11. The van der Waals surface area contributed by atoms with Crippen LogP contribution in [0.15, 0.2) is 23.0 Å². The first kappa shape index (κ1) is 16.3. The third-order valence-electron chi connectivity index (χ3n) is 4.62. The normalized spacial score (nSPS) is 23.2. The zero-order valence-corrected chi connectivity index (χ0v) is 14.4. The predicted octanol–water partition coefficient (Wildman–Crippen LogP) is 3.12. The molecule has 2 fully saturated rings. The fourth-order valence-electron chi connectivity index (χ4n) is 3.05. The second kappa shape index (κ2) is 7.00. The van der Waals surface area contributed by atoms with Crippen LogP contribution >= 0.6 is 11.6 Å². The highest BCUT2D eigenvalue weighted by Gasteiger charge is 2.30. The molecule has 25 heavy (non-hydrogen) atoms. The summed E-state index contributed by atoms with van der Waals surface area (Å²) in [5.41, 5.74) is 0.370. The summed E-state index contributed by atoms with van der Waals surface area (Å²) in [5, 5.41) is 7.40. The number of hydrogen-bond donors (Lipinski definition) is 1. The smallest absolute Gasteiger partial charge is 0.316 e. The molecule has 8 heteroatoms. The summed E-state index contributed by atoms with van der Waals surface area (Å²) in [6.45, 7) is 0. The lowest BCUT2D eigenvalue weighted by atomic mass is 9.93. The zero-order chi connectivity index (χ0) is 17.2. The molecule has 7 nitrogen and oxygen atoms in total. The molecule has 0 unspecified atom stereocenters. The summed E-state index contributed by atoms with van der Waals surface area (Å²) < 4.78 is 11.0. The average Bonchev–Trinajstić information content (AvgIpc) is 3.35. The van der Waals surface area contributed by atoms with Crippen molar-refractivity contribution in [2.24, 2.45) is 0 Å². The molecule has 2 heterocycles. The molecule has 0 radical (unpaired) electrons. The van der Waals surface area contributed by atoms with E-state index in [4.69, 9.17) is 20.9 Å². The van der Waals surface area contributed by atoms with Crippen LogP contribution in [0.1, 0.15) is 60.7 Å². The molecule has 2 aliphatic carbocycles. The Morgan fingerprint density at radius 2 is 1.88 bits per heavy atom. The zero-order valence-electron chi connectivity index (χ0n) is 13.7. The molecular weight excluding hydrogens is 344 g/mol. The molecule has 0 spiro atoms. The van der Waals surface area contributed by atoms with E-state index in [0.29, 0.717) is 22.6 Å². The van der Waals surface area contributed by atoms with Gasteiger partial charge in [-0.25, -0.2) is 9.97 Å². The third-order valence-corrected chi connectivity index (χ3v) is 4.81. The van der Waals surface area contributed by atoms with Crippen LogP contribution in [0.2, 0.25) is 5.02 Å². The molecular formula is C17H19ClN4O3. The van der Waals surface area contributed by atoms with Crippen molar-refractivity contribution in [3.8, 4) is 6.01 Å². The maximum absolute atomic E-state index is 12.3. The molecule has 1 amide bonds. The molecule has 2 aliphatic rings. The van der Waals surface area contributed by atoms with Crippen molar-refractivity contribution in [3.63, 3.8) is 0 Å². The van der Waals surface area contributed by atoms with Crippen molar-refractivity contribution in [3.05, 3.63) is 34.9 Å². The molecule has 0 bridgehead atoms. The molecule has 132 valence electrons. The van der Waals surface area contributed by atoms with Crippen LogP contribution in [0, 0.1) is 0 Å². The van der Waals surface area contributed by atoms with E-state index in [1.54, 1.807) is 6.07 Å². The number of ether oxygens (including phenoxy) is 1. The van der Waals surface area contributed by atoms with Crippen molar-refractivity contribution in [2.75, 3.05) is 0 Å². The highest BCUT2D eigenvalue weighted by molar-refractivity contribution is 6.30. The molecule has 0 aliphatic heterocycles. The van der Waals surface area contributed by atoms with Gasteiger partial charge < -0.3 is 14.6 Å². The second-order valence-corrected chi connectivity index (χ2v) is 7.07. The largest absolute Gasteiger partial charge is 0.460 e. The van der Waals surface area contributed by atoms with E-state index in [0.717, 1.165) is 44.3 Å². The van der Waals surface area contributed by atoms with Crippen molar-refractivity contribution < 1.29 is 14.1 Å². The number of carbonyl (C=O) groups is 1. The van der Waals surface area contributed by atoms with E-state index in [9.17, 15) is 4.79 Å². The Morgan fingerprint density at radius 1 is 1.16 bits per heavy atom. The van der Waals surface area contributed by atoms with Crippen LogP contribution in [0.5, 0.6) is 6.01 Å². The van der Waals surface area contributed by atoms with Gasteiger partial charge in [0.05, 0.1) is 17.4 Å². The van der Waals surface area contributed by atoms with Gasteiger partial charge in [0.25, 0.3) is 5.91 Å². The Morgan fingerprint density at radius 3 is 2.56 bits per heavy atom. The van der Waals surface area contributed by atoms with Gasteiger partial charge in [0.2, 0.25) is 0 Å². The lowest BCUT2D eigenvalue weighted by Crippen LogP contribution is -2.39. The Balaban J connectivity index is 1.25. The lowest BCUT2D eigenvalue weighted by molar-refractivity contribution is 0.0876. The minimum atomic E-state index is -0.166. The number of amides is 1. The Labute approximate surface area is 150 Å². The van der Waals surface area contributed by atoms with Crippen molar-refractivity contribution in [1.29, 1.82) is 0 Å². The maximum atomic E-state index is 12.3. The highest BCUT2D eigenvalue weighted by Crippen LogP contribution is 2.40. The van der Waals surface area contributed by atoms with Crippen molar-refractivity contribution >= 4 is 17.5 Å². The van der Waals surface area contributed by atoms with Crippen LogP contribution < -0.4 is 10.1 Å². The van der Waals surface area contributed by atoms with E-state index >= 15 is 0 Å². The number of nitrogens with zero attached hydrogens (tertiary/aromatic N) is 3. The van der Waals surface area contributed by atoms with Crippen LogP contribution in [0.4, 0.5) is 0 Å². The van der Waals surface area contributed by atoms with E-state index in [2.05, 4.69) is 20.4 Å². The first-order chi connectivity index (χ1) is 12.2. The molecule has 2 aromatic heterocycles. The van der Waals surface area contributed by atoms with Crippen LogP contribution in [0.25, 0.3) is 0 Å². The predicted molar refractivity (Wildman–Crippen MR) is 89.7 cm³/mol. The molecule has 2 saturated carbocycles. The minimum Gasteiger partial charge on any atom is -0.460 e. The number of halogens is 1. The molecule has 0 atom stereocenters. The topological polar surface area (TPSA) is 90.1 Å². The number of nitrogens with one attached hydrogen (secondary N) is 1. The maximum Gasteiger partial charge on any atom is 0.316 e. The van der Waals surface area contributed by atoms with Crippen LogP contribution in [-0.4, -0.2) is 33.2 Å². The Bertz CT molecular complexity index is 737. The quantitative estimate of drug-likeness (QED) is 0.878. The van der Waals surface area contributed by atoms with Gasteiger partial charge in [0.15, 0.2) is 5.69 Å². The van der Waals surface area contributed by atoms with E-state index in [1.165, 1.54) is 12.4 Å². The highest BCUT2D eigenvalue weighted by atomic mass is 35.5. The van der Waals surface area contributed by atoms with Crippen molar-refractivity contribution in [2.45, 2.75) is 56.6 Å². The molecule has 4 rings (SSSR count). The number of carbonyl (C=O) groups excluding carboxylic acids is 1. The number of hydrogen-bond acceptors (Lipinski definition) is 6. The summed E-state index contributed by atoms with van der Waals surface area (Å²) in [4.78, 5) is 20.4. The summed E-state index contributed by atoms with van der Waals surface area (Å²) in [7, 11) is 0. The van der Waals surface area contributed by atoms with Gasteiger partial charge in [0.1, 0.15) is 11.9 Å². The van der Waals surface area contributed by atoms with Crippen LogP contribution in [-0.2, 0) is 0 Å². The number of aromatic nitrogens is 3. The molecule has 1 N–H and O–H groups in total. The van der Waals surface area contributed by atoms with E-state index < -0.39 is 0 Å². The SMILES string of the molecule is O=C(NC1CCC(Oc2ncc(Cl)cn2)CC1)c1cc(C2CC2)on1. The molecule has 2 aromatic rings. The average molecular weight is 363 g/mol. The summed E-state index contributed by atoms with van der Waals surface area (Å²) in [6.07, 6.45) is 8.70. The summed E-state index contributed by atoms with van der Waals surface area (Å²) in [6, 6.07) is 2.23. The Hall–Kier alpha value is -2.15. The van der Waals surface area contributed by atoms with Gasteiger partial charge in [-0.1, -0.05) is 16.8 Å². The van der Waals surface area contributed by atoms with E-state index in [1.807, 2.05) is 0 Å². The first-order valence-electron chi connectivity index (χ1n) is 8.59. The third kappa shape index (κ3) is 4.10.